The molecule has 1 aliphatic carbocycles. The molecule has 6 heteroatoms. The summed E-state index contributed by atoms with van der Waals surface area (Å²) in [5.41, 5.74) is 2.80. The molecule has 2 saturated heterocycles. The predicted molar refractivity (Wildman–Crippen MR) is 123 cm³/mol. The second-order valence-corrected chi connectivity index (χ2v) is 9.35. The van der Waals surface area contributed by atoms with Crippen LogP contribution in [0.4, 0.5) is 0 Å². The first kappa shape index (κ1) is 23.2. The molecule has 176 valence electrons. The molecule has 2 amide bonds. The molecule has 6 nitrogen and oxygen atoms in total. The maximum Gasteiger partial charge on any atom is 0.245 e. The number of carbonyl (C=O) groups excluding carboxylic acids is 2. The number of nitrogens with zero attached hydrogens (tertiary/aromatic N) is 2. The third-order valence-electron chi connectivity index (χ3n) is 7.33. The van der Waals surface area contributed by atoms with Crippen LogP contribution in [-0.4, -0.2) is 66.3 Å². The summed E-state index contributed by atoms with van der Waals surface area (Å²) in [5.74, 6) is 0.595. The van der Waals surface area contributed by atoms with E-state index in [2.05, 4.69) is 24.3 Å². The van der Waals surface area contributed by atoms with E-state index in [9.17, 15) is 9.59 Å². The molecule has 4 rings (SSSR count). The van der Waals surface area contributed by atoms with Crippen LogP contribution >= 0.6 is 0 Å². The quantitative estimate of drug-likeness (QED) is 0.578. The molecular weight excluding hydrogens is 404 g/mol. The summed E-state index contributed by atoms with van der Waals surface area (Å²) in [6.07, 6.45) is 6.71. The number of fused-ring (bicyclic) bond motifs is 1. The number of rotatable bonds is 8. The number of aryl methyl sites for hydroxylation is 1. The number of likely N-dealkylation sites (tertiary alicyclic amines) is 2. The van der Waals surface area contributed by atoms with Gasteiger partial charge < -0.3 is 19.3 Å². The molecule has 0 saturated carbocycles. The van der Waals surface area contributed by atoms with Gasteiger partial charge in [-0.2, -0.15) is 0 Å². The van der Waals surface area contributed by atoms with E-state index in [-0.39, 0.29) is 30.2 Å². The number of benzene rings is 1. The fourth-order valence-corrected chi connectivity index (χ4v) is 5.77. The van der Waals surface area contributed by atoms with Gasteiger partial charge in [-0.05, 0) is 75.8 Å². The van der Waals surface area contributed by atoms with E-state index in [1.165, 1.54) is 11.1 Å². The van der Waals surface area contributed by atoms with Gasteiger partial charge in [0.25, 0.3) is 0 Å². The molecule has 0 N–H and O–H groups in total. The van der Waals surface area contributed by atoms with Crippen LogP contribution in [0.5, 0.6) is 0 Å². The summed E-state index contributed by atoms with van der Waals surface area (Å²) < 4.78 is 11.6. The molecule has 2 fully saturated rings. The SMILES string of the molecule is CCOC(OCC)[C@@H]1CCCN1C(=O)[C@@H]1CCCN1C(=O)C[C@H]1CCc2ccccc2C1. The zero-order valence-electron chi connectivity index (χ0n) is 19.6. The number of amides is 2. The lowest BCUT2D eigenvalue weighted by Gasteiger charge is -2.35. The first-order chi connectivity index (χ1) is 15.6. The average molecular weight is 443 g/mol. The minimum Gasteiger partial charge on any atom is -0.351 e. The van der Waals surface area contributed by atoms with Crippen molar-refractivity contribution in [1.29, 1.82) is 0 Å². The summed E-state index contributed by atoms with van der Waals surface area (Å²) in [7, 11) is 0. The molecule has 32 heavy (non-hydrogen) atoms. The number of ether oxygens (including phenoxy) is 2. The molecule has 3 aliphatic rings. The van der Waals surface area contributed by atoms with Gasteiger partial charge >= 0.3 is 0 Å². The normalized spacial score (nSPS) is 25.4. The topological polar surface area (TPSA) is 59.1 Å². The Morgan fingerprint density at radius 3 is 2.41 bits per heavy atom. The lowest BCUT2D eigenvalue weighted by Crippen LogP contribution is -2.52. The molecular formula is C26H38N2O4. The van der Waals surface area contributed by atoms with E-state index in [1.54, 1.807) is 0 Å². The van der Waals surface area contributed by atoms with Gasteiger partial charge in [-0.15, -0.1) is 0 Å². The van der Waals surface area contributed by atoms with Crippen LogP contribution in [0.1, 0.15) is 63.5 Å². The first-order valence-corrected chi connectivity index (χ1v) is 12.5. The standard InChI is InChI=1S/C26H38N2O4/c1-3-31-26(32-4-2)23-12-8-16-28(23)25(30)22-11-7-15-27(22)24(29)18-19-13-14-20-9-5-6-10-21(20)17-19/h5-6,9-10,19,22-23,26H,3-4,7-8,11-18H2,1-2H3/t19-,22-,23-/m0/s1. The van der Waals surface area contributed by atoms with E-state index in [4.69, 9.17) is 9.47 Å². The zero-order valence-corrected chi connectivity index (χ0v) is 19.6. The van der Waals surface area contributed by atoms with Crippen molar-refractivity contribution in [1.82, 2.24) is 9.80 Å². The highest BCUT2D eigenvalue weighted by atomic mass is 16.7. The first-order valence-electron chi connectivity index (χ1n) is 12.5. The van der Waals surface area contributed by atoms with Crippen molar-refractivity contribution in [2.24, 2.45) is 5.92 Å². The van der Waals surface area contributed by atoms with Crippen molar-refractivity contribution in [2.75, 3.05) is 26.3 Å². The lowest BCUT2D eigenvalue weighted by molar-refractivity contribution is -0.177. The Morgan fingerprint density at radius 1 is 0.969 bits per heavy atom. The second-order valence-electron chi connectivity index (χ2n) is 9.35. The van der Waals surface area contributed by atoms with E-state index in [0.717, 1.165) is 51.5 Å². The van der Waals surface area contributed by atoms with Gasteiger partial charge in [0.05, 0.1) is 6.04 Å². The van der Waals surface area contributed by atoms with Gasteiger partial charge in [0.2, 0.25) is 11.8 Å². The molecule has 0 aromatic heterocycles. The van der Waals surface area contributed by atoms with Crippen molar-refractivity contribution >= 4 is 11.8 Å². The van der Waals surface area contributed by atoms with E-state index in [0.29, 0.717) is 32.1 Å². The minimum absolute atomic E-state index is 0.0604. The highest BCUT2D eigenvalue weighted by Gasteiger charge is 2.43. The molecule has 0 radical (unpaired) electrons. The lowest BCUT2D eigenvalue weighted by atomic mass is 9.82. The van der Waals surface area contributed by atoms with Gasteiger partial charge in [-0.25, -0.2) is 0 Å². The van der Waals surface area contributed by atoms with Crippen LogP contribution in [0, 0.1) is 5.92 Å². The van der Waals surface area contributed by atoms with Crippen LogP contribution < -0.4 is 0 Å². The third kappa shape index (κ3) is 5.01. The predicted octanol–water partition coefficient (Wildman–Crippen LogP) is 3.56. The summed E-state index contributed by atoms with van der Waals surface area (Å²) in [6.45, 7) is 6.43. The number of hydrogen-bond donors (Lipinski definition) is 0. The Hall–Kier alpha value is -1.92. The fraction of sp³-hybridized carbons (Fsp3) is 0.692. The van der Waals surface area contributed by atoms with Gasteiger partial charge in [0.15, 0.2) is 6.29 Å². The molecule has 0 spiro atoms. The number of hydrogen-bond acceptors (Lipinski definition) is 4. The fourth-order valence-electron chi connectivity index (χ4n) is 5.77. The summed E-state index contributed by atoms with van der Waals surface area (Å²) >= 11 is 0. The van der Waals surface area contributed by atoms with Gasteiger partial charge in [-0.3, -0.25) is 9.59 Å². The van der Waals surface area contributed by atoms with Crippen molar-refractivity contribution in [2.45, 2.75) is 83.6 Å². The average Bonchev–Trinajstić information content (AvgIpc) is 3.48. The Balaban J connectivity index is 1.39. The van der Waals surface area contributed by atoms with Crippen LogP contribution in [0.2, 0.25) is 0 Å². The summed E-state index contributed by atoms with van der Waals surface area (Å²) in [6, 6.07) is 8.18. The smallest absolute Gasteiger partial charge is 0.245 e. The van der Waals surface area contributed by atoms with E-state index in [1.807, 2.05) is 23.6 Å². The van der Waals surface area contributed by atoms with Crippen LogP contribution in [0.25, 0.3) is 0 Å². The molecule has 0 unspecified atom stereocenters. The minimum atomic E-state index is -0.385. The molecule has 1 aromatic carbocycles. The van der Waals surface area contributed by atoms with E-state index < -0.39 is 0 Å². The largest absolute Gasteiger partial charge is 0.351 e. The molecule has 1 aromatic rings. The summed E-state index contributed by atoms with van der Waals surface area (Å²) in [4.78, 5) is 30.6. The van der Waals surface area contributed by atoms with Crippen LogP contribution in [-0.2, 0) is 31.9 Å². The molecule has 0 bridgehead atoms. The molecule has 2 aliphatic heterocycles. The highest BCUT2D eigenvalue weighted by molar-refractivity contribution is 5.88. The van der Waals surface area contributed by atoms with Crippen LogP contribution in [0.15, 0.2) is 24.3 Å². The monoisotopic (exact) mass is 442 g/mol. The van der Waals surface area contributed by atoms with Crippen molar-refractivity contribution < 1.29 is 19.1 Å². The van der Waals surface area contributed by atoms with Crippen LogP contribution in [0.3, 0.4) is 0 Å². The zero-order chi connectivity index (χ0) is 22.5. The Kier molecular flexibility index (Phi) is 7.84. The Bertz CT molecular complexity index is 792. The van der Waals surface area contributed by atoms with Crippen molar-refractivity contribution in [3.05, 3.63) is 35.4 Å². The van der Waals surface area contributed by atoms with Crippen molar-refractivity contribution in [3.8, 4) is 0 Å². The Labute approximate surface area is 192 Å². The van der Waals surface area contributed by atoms with Crippen molar-refractivity contribution in [3.63, 3.8) is 0 Å². The number of carbonyl (C=O) groups is 2. The molecule has 2 heterocycles. The third-order valence-corrected chi connectivity index (χ3v) is 7.33. The van der Waals surface area contributed by atoms with E-state index >= 15 is 0 Å². The highest BCUT2D eigenvalue weighted by Crippen LogP contribution is 2.31. The van der Waals surface area contributed by atoms with Gasteiger partial charge in [0, 0.05) is 32.7 Å². The van der Waals surface area contributed by atoms with Gasteiger partial charge in [-0.1, -0.05) is 24.3 Å². The second kappa shape index (κ2) is 10.8. The summed E-state index contributed by atoms with van der Waals surface area (Å²) in [5, 5.41) is 0. The maximum absolute atomic E-state index is 13.6. The maximum atomic E-state index is 13.6. The Morgan fingerprint density at radius 2 is 1.66 bits per heavy atom. The molecule has 3 atom stereocenters. The van der Waals surface area contributed by atoms with Gasteiger partial charge in [0.1, 0.15) is 6.04 Å².